The molecule has 0 bridgehead atoms. The Bertz CT molecular complexity index is 609. The first-order chi connectivity index (χ1) is 13.8. The van der Waals surface area contributed by atoms with E-state index in [1.165, 1.54) is 5.56 Å². The average Bonchev–Trinajstić information content (AvgIpc) is 2.71. The minimum Gasteiger partial charge on any atom is -0.465 e. The molecule has 0 aliphatic heterocycles. The highest BCUT2D eigenvalue weighted by molar-refractivity contribution is 5.69. The van der Waals surface area contributed by atoms with Gasteiger partial charge in [0, 0.05) is 12.8 Å². The highest BCUT2D eigenvalue weighted by atomic mass is 16.5. The van der Waals surface area contributed by atoms with Crippen LogP contribution in [0.25, 0.3) is 0 Å². The Morgan fingerprint density at radius 3 is 2.07 bits per heavy atom. The van der Waals surface area contributed by atoms with Gasteiger partial charge in [-0.25, -0.2) is 0 Å². The molecule has 0 unspecified atom stereocenters. The van der Waals surface area contributed by atoms with E-state index in [2.05, 4.69) is 67.7 Å². The Morgan fingerprint density at radius 1 is 0.821 bits per heavy atom. The van der Waals surface area contributed by atoms with Gasteiger partial charge in [-0.05, 0) is 50.5 Å². The number of allylic oxidation sites excluding steroid dienone is 8. The maximum Gasteiger partial charge on any atom is 0.305 e. The quantitative estimate of drug-likeness (QED) is 0.184. The zero-order valence-corrected chi connectivity index (χ0v) is 17.4. The third-order valence-electron chi connectivity index (χ3n) is 4.22. The zero-order chi connectivity index (χ0) is 20.1. The van der Waals surface area contributed by atoms with Crippen molar-refractivity contribution in [3.05, 3.63) is 84.5 Å². The molecule has 0 saturated carbocycles. The molecule has 0 spiro atoms. The predicted octanol–water partition coefficient (Wildman–Crippen LogP) is 7.14. The average molecular weight is 381 g/mol. The largest absolute Gasteiger partial charge is 0.465 e. The van der Waals surface area contributed by atoms with E-state index in [9.17, 15) is 4.79 Å². The second-order valence-corrected chi connectivity index (χ2v) is 6.70. The van der Waals surface area contributed by atoms with Crippen molar-refractivity contribution in [3.8, 4) is 0 Å². The number of hydrogen-bond donors (Lipinski definition) is 0. The molecule has 0 aromatic heterocycles. The summed E-state index contributed by atoms with van der Waals surface area (Å²) in [5.41, 5.74) is 1.20. The molecule has 0 aliphatic rings. The predicted molar refractivity (Wildman–Crippen MR) is 120 cm³/mol. The molecule has 0 amide bonds. The van der Waals surface area contributed by atoms with Crippen LogP contribution in [0.2, 0.25) is 0 Å². The van der Waals surface area contributed by atoms with Gasteiger partial charge in [0.05, 0.1) is 6.61 Å². The molecule has 152 valence electrons. The molecule has 0 atom stereocenters. The Hall–Kier alpha value is -2.35. The maximum atomic E-state index is 11.7. The number of ether oxygens (including phenoxy) is 1. The molecule has 0 saturated heterocycles. The number of unbranched alkanes of at least 4 members (excludes halogenated alkanes) is 2. The number of benzene rings is 1. The number of rotatable bonds is 15. The maximum absolute atomic E-state index is 11.7. The minimum atomic E-state index is -0.0823. The smallest absolute Gasteiger partial charge is 0.305 e. The van der Waals surface area contributed by atoms with Gasteiger partial charge in [0.25, 0.3) is 0 Å². The molecule has 2 heteroatoms. The van der Waals surface area contributed by atoms with Crippen LogP contribution in [0, 0.1) is 0 Å². The van der Waals surface area contributed by atoms with Crippen molar-refractivity contribution in [1.82, 2.24) is 0 Å². The normalized spacial score (nSPS) is 12.0. The van der Waals surface area contributed by atoms with Gasteiger partial charge in [-0.3, -0.25) is 4.79 Å². The molecule has 0 fully saturated rings. The monoisotopic (exact) mass is 380 g/mol. The van der Waals surface area contributed by atoms with Gasteiger partial charge < -0.3 is 4.74 Å². The van der Waals surface area contributed by atoms with Crippen molar-refractivity contribution in [2.45, 2.75) is 64.7 Å². The van der Waals surface area contributed by atoms with Gasteiger partial charge in [0.1, 0.15) is 0 Å². The van der Waals surface area contributed by atoms with Crippen LogP contribution < -0.4 is 0 Å². The van der Waals surface area contributed by atoms with E-state index in [4.69, 9.17) is 4.74 Å². The molecule has 0 N–H and O–H groups in total. The third kappa shape index (κ3) is 14.8. The second kappa shape index (κ2) is 18.0. The summed E-state index contributed by atoms with van der Waals surface area (Å²) in [6.07, 6.45) is 26.0. The van der Waals surface area contributed by atoms with Crippen LogP contribution in [-0.4, -0.2) is 12.6 Å². The van der Waals surface area contributed by atoms with E-state index in [0.717, 1.165) is 51.4 Å². The van der Waals surface area contributed by atoms with E-state index >= 15 is 0 Å². The summed E-state index contributed by atoms with van der Waals surface area (Å²) in [5.74, 6) is -0.0823. The van der Waals surface area contributed by atoms with Crippen LogP contribution in [-0.2, 0) is 16.0 Å². The number of carbonyl (C=O) groups is 1. The fourth-order valence-electron chi connectivity index (χ4n) is 2.63. The Morgan fingerprint density at radius 2 is 1.43 bits per heavy atom. The van der Waals surface area contributed by atoms with Crippen molar-refractivity contribution >= 4 is 5.97 Å². The van der Waals surface area contributed by atoms with E-state index < -0.39 is 0 Å². The van der Waals surface area contributed by atoms with Gasteiger partial charge in [0.15, 0.2) is 0 Å². The van der Waals surface area contributed by atoms with Crippen molar-refractivity contribution in [2.24, 2.45) is 0 Å². The van der Waals surface area contributed by atoms with Crippen molar-refractivity contribution < 1.29 is 9.53 Å². The molecule has 0 heterocycles. The lowest BCUT2D eigenvalue weighted by molar-refractivity contribution is -0.143. The first-order valence-corrected chi connectivity index (χ1v) is 10.6. The number of carbonyl (C=O) groups excluding carboxylic acids is 1. The molecule has 2 nitrogen and oxygen atoms in total. The third-order valence-corrected chi connectivity index (χ3v) is 4.22. The fraction of sp³-hybridized carbons (Fsp3) is 0.423. The van der Waals surface area contributed by atoms with Crippen LogP contribution in [0.15, 0.2) is 78.9 Å². The molecule has 1 aromatic carbocycles. The summed E-state index contributed by atoms with van der Waals surface area (Å²) in [7, 11) is 0. The first kappa shape index (κ1) is 23.7. The molecule has 28 heavy (non-hydrogen) atoms. The Balaban J connectivity index is 1.92. The molecule has 0 radical (unpaired) electrons. The highest BCUT2D eigenvalue weighted by Crippen LogP contribution is 2.05. The van der Waals surface area contributed by atoms with Gasteiger partial charge >= 0.3 is 5.97 Å². The standard InChI is InChI=1S/C26H36O2/c1-2-3-4-5-6-7-8-9-10-11-12-13-14-15-19-22-26(27)28-24-23-25-20-17-16-18-21-25/h3-4,6-7,9-10,12-13,16-18,20-21H,2,5,8,11,14-15,19,22-24H2,1H3/b4-3-,7-6-,10-9-,13-12-. The molecular weight excluding hydrogens is 344 g/mol. The lowest BCUT2D eigenvalue weighted by Crippen LogP contribution is -2.07. The zero-order valence-electron chi connectivity index (χ0n) is 17.4. The number of esters is 1. The van der Waals surface area contributed by atoms with Crippen LogP contribution in [0.4, 0.5) is 0 Å². The topological polar surface area (TPSA) is 26.3 Å². The van der Waals surface area contributed by atoms with E-state index in [0.29, 0.717) is 13.0 Å². The van der Waals surface area contributed by atoms with Gasteiger partial charge in [0.2, 0.25) is 0 Å². The lowest BCUT2D eigenvalue weighted by Gasteiger charge is -2.04. The summed E-state index contributed by atoms with van der Waals surface area (Å²) in [4.78, 5) is 11.7. The second-order valence-electron chi connectivity index (χ2n) is 6.70. The highest BCUT2D eigenvalue weighted by Gasteiger charge is 2.02. The summed E-state index contributed by atoms with van der Waals surface area (Å²) in [6.45, 7) is 2.62. The summed E-state index contributed by atoms with van der Waals surface area (Å²) < 4.78 is 5.29. The van der Waals surface area contributed by atoms with Crippen LogP contribution in [0.1, 0.15) is 63.9 Å². The van der Waals surface area contributed by atoms with E-state index in [1.54, 1.807) is 0 Å². The number of hydrogen-bond acceptors (Lipinski definition) is 2. The van der Waals surface area contributed by atoms with E-state index in [-0.39, 0.29) is 5.97 Å². The minimum absolute atomic E-state index is 0.0823. The Labute approximate surface area is 171 Å². The molecule has 1 rings (SSSR count). The van der Waals surface area contributed by atoms with Crippen molar-refractivity contribution in [2.75, 3.05) is 6.61 Å². The van der Waals surface area contributed by atoms with E-state index in [1.807, 2.05) is 18.2 Å². The summed E-state index contributed by atoms with van der Waals surface area (Å²) in [5, 5.41) is 0. The summed E-state index contributed by atoms with van der Waals surface area (Å²) in [6, 6.07) is 10.1. The molecule has 0 aliphatic carbocycles. The fourth-order valence-corrected chi connectivity index (χ4v) is 2.63. The van der Waals surface area contributed by atoms with Crippen molar-refractivity contribution in [3.63, 3.8) is 0 Å². The van der Waals surface area contributed by atoms with Gasteiger partial charge in [-0.15, -0.1) is 0 Å². The first-order valence-electron chi connectivity index (χ1n) is 10.6. The Kier molecular flexibility index (Phi) is 15.3. The SMILES string of the molecule is CC/C=C\C/C=C\C/C=C\C/C=C\CCCCC(=O)OCCc1ccccc1. The molecular formula is C26H36O2. The van der Waals surface area contributed by atoms with Crippen LogP contribution >= 0.6 is 0 Å². The van der Waals surface area contributed by atoms with Crippen molar-refractivity contribution in [1.29, 1.82) is 0 Å². The van der Waals surface area contributed by atoms with Gasteiger partial charge in [-0.2, -0.15) is 0 Å². The molecule has 1 aromatic rings. The van der Waals surface area contributed by atoms with Gasteiger partial charge in [-0.1, -0.05) is 85.9 Å². The van der Waals surface area contributed by atoms with Crippen LogP contribution in [0.5, 0.6) is 0 Å². The summed E-state index contributed by atoms with van der Waals surface area (Å²) >= 11 is 0. The van der Waals surface area contributed by atoms with Crippen LogP contribution in [0.3, 0.4) is 0 Å². The lowest BCUT2D eigenvalue weighted by atomic mass is 10.1.